The van der Waals surface area contributed by atoms with Gasteiger partial charge in [-0.05, 0) is 70.8 Å². The summed E-state index contributed by atoms with van der Waals surface area (Å²) < 4.78 is 38.7. The second kappa shape index (κ2) is 10.6. The van der Waals surface area contributed by atoms with Crippen molar-refractivity contribution in [2.45, 2.75) is 18.6 Å². The molecule has 0 unspecified atom stereocenters. The van der Waals surface area contributed by atoms with Crippen LogP contribution in [0.25, 0.3) is 10.9 Å². The number of aromatic nitrogens is 1. The van der Waals surface area contributed by atoms with Crippen molar-refractivity contribution in [1.29, 1.82) is 0 Å². The zero-order valence-electron chi connectivity index (χ0n) is 19.8. The summed E-state index contributed by atoms with van der Waals surface area (Å²) in [5, 5.41) is 5.27. The molecule has 0 saturated heterocycles. The Kier molecular flexibility index (Phi) is 7.19. The lowest BCUT2D eigenvalue weighted by Gasteiger charge is -2.20. The first kappa shape index (κ1) is 25.9. The standard InChI is InChI=1S/C30H21Cl2F3N2O/c31-23-10-3-19(4-11-23)29(20-5-12-24(32)13-6-20)21-7-14-26-25(15-21)27(16-28(38)37-26)36-17-18-1-8-22(9-2-18)30(33,34)35/h1-16,29H,17H2,(H2,36,37,38). The molecule has 0 atom stereocenters. The van der Waals surface area contributed by atoms with E-state index in [9.17, 15) is 18.0 Å². The van der Waals surface area contributed by atoms with E-state index < -0.39 is 11.7 Å². The van der Waals surface area contributed by atoms with Crippen LogP contribution in [0, 0.1) is 0 Å². The molecule has 4 aromatic carbocycles. The smallest absolute Gasteiger partial charge is 0.380 e. The molecule has 2 N–H and O–H groups in total. The van der Waals surface area contributed by atoms with E-state index >= 15 is 0 Å². The third-order valence-electron chi connectivity index (χ3n) is 6.37. The minimum Gasteiger partial charge on any atom is -0.380 e. The number of nitrogens with one attached hydrogen (secondary N) is 2. The van der Waals surface area contributed by atoms with Crippen LogP contribution in [0.2, 0.25) is 10.0 Å². The van der Waals surface area contributed by atoms with Crippen LogP contribution >= 0.6 is 23.2 Å². The molecule has 0 aliphatic carbocycles. The molecule has 8 heteroatoms. The molecule has 0 fully saturated rings. The molecule has 0 amide bonds. The van der Waals surface area contributed by atoms with Crippen LogP contribution < -0.4 is 10.9 Å². The first-order valence-electron chi connectivity index (χ1n) is 11.8. The largest absolute Gasteiger partial charge is 0.416 e. The molecule has 0 bridgehead atoms. The minimum absolute atomic E-state index is 0.136. The Bertz CT molecular complexity index is 1580. The summed E-state index contributed by atoms with van der Waals surface area (Å²) in [7, 11) is 0. The van der Waals surface area contributed by atoms with Crippen LogP contribution in [-0.2, 0) is 12.7 Å². The van der Waals surface area contributed by atoms with Gasteiger partial charge in [-0.3, -0.25) is 4.79 Å². The van der Waals surface area contributed by atoms with Crippen molar-refractivity contribution in [3.63, 3.8) is 0 Å². The van der Waals surface area contributed by atoms with Gasteiger partial charge in [-0.15, -0.1) is 0 Å². The number of anilines is 1. The van der Waals surface area contributed by atoms with E-state index in [2.05, 4.69) is 10.3 Å². The van der Waals surface area contributed by atoms with Crippen LogP contribution in [0.1, 0.15) is 33.7 Å². The van der Waals surface area contributed by atoms with Gasteiger partial charge >= 0.3 is 6.18 Å². The van der Waals surface area contributed by atoms with Crippen LogP contribution in [0.15, 0.2) is 102 Å². The molecule has 0 radical (unpaired) electrons. The number of benzene rings is 4. The quantitative estimate of drug-likeness (QED) is 0.207. The number of hydrogen-bond acceptors (Lipinski definition) is 2. The Labute approximate surface area is 226 Å². The number of pyridine rings is 1. The van der Waals surface area contributed by atoms with Gasteiger partial charge in [0, 0.05) is 39.6 Å². The monoisotopic (exact) mass is 552 g/mol. The second-order valence-electron chi connectivity index (χ2n) is 8.94. The Hall–Kier alpha value is -3.74. The molecular weight excluding hydrogens is 532 g/mol. The van der Waals surface area contributed by atoms with Crippen molar-refractivity contribution >= 4 is 39.8 Å². The fourth-order valence-corrected chi connectivity index (χ4v) is 4.75. The topological polar surface area (TPSA) is 44.9 Å². The van der Waals surface area contributed by atoms with Crippen molar-refractivity contribution in [2.24, 2.45) is 0 Å². The Morgan fingerprint density at radius 1 is 0.737 bits per heavy atom. The molecule has 0 saturated carbocycles. The highest BCUT2D eigenvalue weighted by atomic mass is 35.5. The normalized spacial score (nSPS) is 11.7. The van der Waals surface area contributed by atoms with Gasteiger partial charge in [0.15, 0.2) is 0 Å². The first-order valence-corrected chi connectivity index (χ1v) is 12.5. The highest BCUT2D eigenvalue weighted by Gasteiger charge is 2.29. The molecule has 38 heavy (non-hydrogen) atoms. The van der Waals surface area contributed by atoms with Gasteiger partial charge < -0.3 is 10.3 Å². The van der Waals surface area contributed by atoms with Gasteiger partial charge in [-0.1, -0.05) is 65.7 Å². The second-order valence-corrected chi connectivity index (χ2v) is 9.81. The summed E-state index contributed by atoms with van der Waals surface area (Å²) in [5.41, 5.74) is 3.92. The third kappa shape index (κ3) is 5.72. The summed E-state index contributed by atoms with van der Waals surface area (Å²) in [6.45, 7) is 0.249. The lowest BCUT2D eigenvalue weighted by atomic mass is 9.84. The average Bonchev–Trinajstić information content (AvgIpc) is 2.89. The lowest BCUT2D eigenvalue weighted by Crippen LogP contribution is -2.10. The predicted molar refractivity (Wildman–Crippen MR) is 147 cm³/mol. The Morgan fingerprint density at radius 3 is 1.84 bits per heavy atom. The lowest BCUT2D eigenvalue weighted by molar-refractivity contribution is -0.137. The van der Waals surface area contributed by atoms with Crippen LogP contribution in [0.5, 0.6) is 0 Å². The molecule has 192 valence electrons. The van der Waals surface area contributed by atoms with Crippen LogP contribution in [0.4, 0.5) is 18.9 Å². The molecule has 0 aliphatic rings. The van der Waals surface area contributed by atoms with Crippen LogP contribution in [-0.4, -0.2) is 4.98 Å². The molecule has 0 spiro atoms. The van der Waals surface area contributed by atoms with E-state index in [1.807, 2.05) is 66.7 Å². The fourth-order valence-electron chi connectivity index (χ4n) is 4.49. The van der Waals surface area contributed by atoms with E-state index in [1.54, 1.807) is 0 Å². The van der Waals surface area contributed by atoms with Gasteiger partial charge in [0.2, 0.25) is 5.56 Å². The van der Waals surface area contributed by atoms with Crippen molar-refractivity contribution in [2.75, 3.05) is 5.32 Å². The molecule has 5 rings (SSSR count). The summed E-state index contributed by atoms with van der Waals surface area (Å²) in [5.74, 6) is -0.136. The molecule has 0 aliphatic heterocycles. The van der Waals surface area contributed by atoms with Crippen molar-refractivity contribution in [3.8, 4) is 0 Å². The maximum Gasteiger partial charge on any atom is 0.416 e. The molecular formula is C30H21Cl2F3N2O. The molecule has 1 heterocycles. The fraction of sp³-hybridized carbons (Fsp3) is 0.100. The minimum atomic E-state index is -4.39. The summed E-state index contributed by atoms with van der Waals surface area (Å²) in [6, 6.07) is 27.5. The number of H-pyrrole nitrogens is 1. The maximum atomic E-state index is 12.9. The Morgan fingerprint density at radius 2 is 1.29 bits per heavy atom. The van der Waals surface area contributed by atoms with E-state index in [0.717, 1.165) is 34.2 Å². The van der Waals surface area contributed by atoms with E-state index in [0.29, 0.717) is 26.8 Å². The van der Waals surface area contributed by atoms with E-state index in [1.165, 1.54) is 18.2 Å². The zero-order chi connectivity index (χ0) is 26.9. The highest BCUT2D eigenvalue weighted by Crippen LogP contribution is 2.36. The molecule has 3 nitrogen and oxygen atoms in total. The van der Waals surface area contributed by atoms with Crippen molar-refractivity contribution in [3.05, 3.63) is 145 Å². The summed E-state index contributed by atoms with van der Waals surface area (Å²) in [6.07, 6.45) is -4.39. The average molecular weight is 553 g/mol. The number of alkyl halides is 3. The van der Waals surface area contributed by atoms with E-state index in [-0.39, 0.29) is 18.0 Å². The van der Waals surface area contributed by atoms with Gasteiger partial charge in [0.25, 0.3) is 0 Å². The van der Waals surface area contributed by atoms with Gasteiger partial charge in [-0.2, -0.15) is 13.2 Å². The molecule has 5 aromatic rings. The van der Waals surface area contributed by atoms with Crippen molar-refractivity contribution in [1.82, 2.24) is 4.98 Å². The maximum absolute atomic E-state index is 12.9. The number of hydrogen-bond donors (Lipinski definition) is 2. The predicted octanol–water partition coefficient (Wildman–Crippen LogP) is 8.65. The summed E-state index contributed by atoms with van der Waals surface area (Å²) in [4.78, 5) is 15.2. The third-order valence-corrected chi connectivity index (χ3v) is 6.88. The zero-order valence-corrected chi connectivity index (χ0v) is 21.3. The first-order chi connectivity index (χ1) is 18.2. The number of rotatable bonds is 6. The molecule has 1 aromatic heterocycles. The van der Waals surface area contributed by atoms with E-state index in [4.69, 9.17) is 23.2 Å². The summed E-state index contributed by atoms with van der Waals surface area (Å²) >= 11 is 12.3. The highest BCUT2D eigenvalue weighted by molar-refractivity contribution is 6.30. The Balaban J connectivity index is 1.54. The van der Waals surface area contributed by atoms with Gasteiger partial charge in [0.1, 0.15) is 0 Å². The van der Waals surface area contributed by atoms with Crippen LogP contribution in [0.3, 0.4) is 0 Å². The SMILES string of the molecule is O=c1cc(NCc2ccc(C(F)(F)F)cc2)c2cc(C(c3ccc(Cl)cc3)c3ccc(Cl)cc3)ccc2[nH]1. The number of fused-ring (bicyclic) bond motifs is 1. The van der Waals surface area contributed by atoms with Crippen molar-refractivity contribution < 1.29 is 13.2 Å². The number of aromatic amines is 1. The number of halogens is 5. The van der Waals surface area contributed by atoms with Gasteiger partial charge in [-0.25, -0.2) is 0 Å². The van der Waals surface area contributed by atoms with Gasteiger partial charge in [0.05, 0.1) is 11.1 Å².